The molecule has 0 aromatic heterocycles. The zero-order valence-electron chi connectivity index (χ0n) is 11.3. The molecule has 18 heavy (non-hydrogen) atoms. The van der Waals surface area contributed by atoms with Crippen LogP contribution in [0.5, 0.6) is 0 Å². The van der Waals surface area contributed by atoms with Gasteiger partial charge in [-0.1, -0.05) is 19.8 Å². The predicted octanol–water partition coefficient (Wildman–Crippen LogP) is 2.99. The Hall–Kier alpha value is -1.06. The van der Waals surface area contributed by atoms with E-state index in [-0.39, 0.29) is 30.9 Å². The summed E-state index contributed by atoms with van der Waals surface area (Å²) >= 11 is 0. The molecule has 0 radical (unpaired) electrons. The van der Waals surface area contributed by atoms with Crippen molar-refractivity contribution in [3.63, 3.8) is 0 Å². The van der Waals surface area contributed by atoms with Gasteiger partial charge in [0.15, 0.2) is 0 Å². The first-order valence-corrected chi connectivity index (χ1v) is 7.07. The molecule has 0 atom stereocenters. The van der Waals surface area contributed by atoms with E-state index in [0.717, 1.165) is 38.5 Å². The minimum absolute atomic E-state index is 0.0716. The summed E-state index contributed by atoms with van der Waals surface area (Å²) in [5.41, 5.74) is 0. The van der Waals surface area contributed by atoms with Crippen molar-refractivity contribution in [1.82, 2.24) is 0 Å². The molecule has 1 aliphatic rings. The van der Waals surface area contributed by atoms with Gasteiger partial charge in [-0.05, 0) is 32.1 Å². The molecule has 0 spiro atoms. The van der Waals surface area contributed by atoms with Gasteiger partial charge in [0.05, 0.1) is 19.4 Å². The van der Waals surface area contributed by atoms with Gasteiger partial charge in [0.1, 0.15) is 6.10 Å². The van der Waals surface area contributed by atoms with E-state index in [1.807, 2.05) is 6.92 Å². The number of esters is 2. The fourth-order valence-corrected chi connectivity index (χ4v) is 2.03. The van der Waals surface area contributed by atoms with Crippen LogP contribution in [0.4, 0.5) is 0 Å². The number of carbonyl (C=O) groups is 2. The molecule has 104 valence electrons. The number of ether oxygens (including phenoxy) is 2. The average Bonchev–Trinajstić information content (AvgIpc) is 2.38. The van der Waals surface area contributed by atoms with Crippen molar-refractivity contribution in [2.24, 2.45) is 0 Å². The van der Waals surface area contributed by atoms with Gasteiger partial charge < -0.3 is 9.47 Å². The van der Waals surface area contributed by atoms with E-state index in [9.17, 15) is 9.59 Å². The van der Waals surface area contributed by atoms with Crippen molar-refractivity contribution in [3.05, 3.63) is 0 Å². The highest BCUT2D eigenvalue weighted by Gasteiger charge is 2.18. The summed E-state index contributed by atoms with van der Waals surface area (Å²) in [7, 11) is 0. The van der Waals surface area contributed by atoms with Crippen LogP contribution in [0, 0.1) is 0 Å². The summed E-state index contributed by atoms with van der Waals surface area (Å²) in [5.74, 6) is -0.571. The highest BCUT2D eigenvalue weighted by molar-refractivity contribution is 5.77. The number of carbonyl (C=O) groups excluding carboxylic acids is 2. The molecule has 1 aliphatic carbocycles. The zero-order valence-corrected chi connectivity index (χ0v) is 11.3. The summed E-state index contributed by atoms with van der Waals surface area (Å²) in [4.78, 5) is 22.8. The first-order valence-electron chi connectivity index (χ1n) is 7.07. The third kappa shape index (κ3) is 6.62. The van der Waals surface area contributed by atoms with Crippen LogP contribution in [0.2, 0.25) is 0 Å². The summed E-state index contributed by atoms with van der Waals surface area (Å²) in [5, 5.41) is 0. The van der Waals surface area contributed by atoms with Crippen LogP contribution in [0.25, 0.3) is 0 Å². The van der Waals surface area contributed by atoms with E-state index in [0.29, 0.717) is 6.61 Å². The third-order valence-electron chi connectivity index (χ3n) is 3.14. The number of unbranched alkanes of at least 4 members (excludes halogenated alkanes) is 1. The Bertz CT molecular complexity index is 257. The molecule has 1 rings (SSSR count). The van der Waals surface area contributed by atoms with Gasteiger partial charge >= 0.3 is 11.9 Å². The fraction of sp³-hybridized carbons (Fsp3) is 0.857. The van der Waals surface area contributed by atoms with Crippen LogP contribution < -0.4 is 0 Å². The Morgan fingerprint density at radius 1 is 1.06 bits per heavy atom. The van der Waals surface area contributed by atoms with E-state index in [1.54, 1.807) is 0 Å². The van der Waals surface area contributed by atoms with Gasteiger partial charge in [0, 0.05) is 0 Å². The van der Waals surface area contributed by atoms with Crippen molar-refractivity contribution in [2.75, 3.05) is 6.61 Å². The Kier molecular flexibility index (Phi) is 7.46. The zero-order chi connectivity index (χ0) is 13.2. The quantitative estimate of drug-likeness (QED) is 0.519. The molecule has 1 fully saturated rings. The Labute approximate surface area is 109 Å². The summed E-state index contributed by atoms with van der Waals surface area (Å²) in [6.45, 7) is 2.49. The van der Waals surface area contributed by atoms with E-state index in [4.69, 9.17) is 9.47 Å². The van der Waals surface area contributed by atoms with Gasteiger partial charge in [-0.15, -0.1) is 0 Å². The van der Waals surface area contributed by atoms with Gasteiger partial charge in [0.25, 0.3) is 0 Å². The van der Waals surface area contributed by atoms with Gasteiger partial charge in [-0.3, -0.25) is 9.59 Å². The maximum atomic E-state index is 11.5. The standard InChI is InChI=1S/C14H24O4/c1-2-3-11-17-13(15)9-10-14(16)18-12-7-5-4-6-8-12/h12H,2-11H2,1H3. The van der Waals surface area contributed by atoms with Gasteiger partial charge in [0.2, 0.25) is 0 Å². The van der Waals surface area contributed by atoms with Crippen LogP contribution >= 0.6 is 0 Å². The van der Waals surface area contributed by atoms with Crippen molar-refractivity contribution in [1.29, 1.82) is 0 Å². The second-order valence-electron chi connectivity index (χ2n) is 4.82. The van der Waals surface area contributed by atoms with Crippen molar-refractivity contribution < 1.29 is 19.1 Å². The average molecular weight is 256 g/mol. The second kappa shape index (κ2) is 8.95. The second-order valence-corrected chi connectivity index (χ2v) is 4.82. The maximum absolute atomic E-state index is 11.5. The summed E-state index contributed by atoms with van der Waals surface area (Å²) in [6.07, 6.45) is 7.65. The molecule has 0 aromatic carbocycles. The van der Waals surface area contributed by atoms with Gasteiger partial charge in [-0.2, -0.15) is 0 Å². The molecule has 0 bridgehead atoms. The van der Waals surface area contributed by atoms with E-state index in [1.165, 1.54) is 6.42 Å². The topological polar surface area (TPSA) is 52.6 Å². The normalized spacial score (nSPS) is 16.3. The molecule has 0 N–H and O–H groups in total. The molecule has 0 saturated heterocycles. The lowest BCUT2D eigenvalue weighted by Gasteiger charge is -2.21. The number of rotatable bonds is 7. The monoisotopic (exact) mass is 256 g/mol. The molecule has 1 saturated carbocycles. The third-order valence-corrected chi connectivity index (χ3v) is 3.14. The molecular formula is C14H24O4. The van der Waals surface area contributed by atoms with E-state index in [2.05, 4.69) is 0 Å². The van der Waals surface area contributed by atoms with Gasteiger partial charge in [-0.25, -0.2) is 0 Å². The molecule has 4 nitrogen and oxygen atoms in total. The summed E-state index contributed by atoms with van der Waals surface area (Å²) < 4.78 is 10.3. The first kappa shape index (κ1) is 15.0. The van der Waals surface area contributed by atoms with Crippen LogP contribution in [0.1, 0.15) is 64.7 Å². The van der Waals surface area contributed by atoms with E-state index >= 15 is 0 Å². The largest absolute Gasteiger partial charge is 0.466 e. The van der Waals surface area contributed by atoms with E-state index < -0.39 is 0 Å². The molecule has 0 amide bonds. The fourth-order valence-electron chi connectivity index (χ4n) is 2.03. The minimum Gasteiger partial charge on any atom is -0.466 e. The first-order chi connectivity index (χ1) is 8.72. The smallest absolute Gasteiger partial charge is 0.306 e. The van der Waals surface area contributed by atoms with Crippen molar-refractivity contribution >= 4 is 11.9 Å². The lowest BCUT2D eigenvalue weighted by Crippen LogP contribution is -2.21. The van der Waals surface area contributed by atoms with Crippen molar-refractivity contribution in [3.8, 4) is 0 Å². The lowest BCUT2D eigenvalue weighted by molar-refractivity contribution is -0.154. The Morgan fingerprint density at radius 2 is 1.72 bits per heavy atom. The molecule has 4 heteroatoms. The Balaban J connectivity index is 2.06. The van der Waals surface area contributed by atoms with Crippen LogP contribution in [-0.4, -0.2) is 24.6 Å². The Morgan fingerprint density at radius 3 is 2.39 bits per heavy atom. The number of hydrogen-bond acceptors (Lipinski definition) is 4. The highest BCUT2D eigenvalue weighted by Crippen LogP contribution is 2.20. The van der Waals surface area contributed by atoms with Crippen LogP contribution in [0.15, 0.2) is 0 Å². The molecule has 0 aromatic rings. The maximum Gasteiger partial charge on any atom is 0.306 e. The highest BCUT2D eigenvalue weighted by atomic mass is 16.5. The molecule has 0 heterocycles. The minimum atomic E-state index is -0.302. The van der Waals surface area contributed by atoms with Crippen LogP contribution in [0.3, 0.4) is 0 Å². The lowest BCUT2D eigenvalue weighted by atomic mass is 9.98. The van der Waals surface area contributed by atoms with Crippen LogP contribution in [-0.2, 0) is 19.1 Å². The molecule has 0 aliphatic heterocycles. The molecule has 0 unspecified atom stereocenters. The summed E-state index contributed by atoms with van der Waals surface area (Å²) in [6, 6.07) is 0. The molecular weight excluding hydrogens is 232 g/mol. The van der Waals surface area contributed by atoms with Crippen molar-refractivity contribution in [2.45, 2.75) is 70.8 Å². The predicted molar refractivity (Wildman–Crippen MR) is 68.1 cm³/mol. The SMILES string of the molecule is CCCCOC(=O)CCC(=O)OC1CCCCC1. The number of hydrogen-bond donors (Lipinski definition) is 0.